The summed E-state index contributed by atoms with van der Waals surface area (Å²) in [5.41, 5.74) is 2.17. The summed E-state index contributed by atoms with van der Waals surface area (Å²) in [5.74, 6) is 1.82. The Kier molecular flexibility index (Phi) is 6.86. The van der Waals surface area contributed by atoms with Gasteiger partial charge in [-0.05, 0) is 42.5 Å². The van der Waals surface area contributed by atoms with E-state index in [9.17, 15) is 5.11 Å². The van der Waals surface area contributed by atoms with Gasteiger partial charge < -0.3 is 19.9 Å². The second kappa shape index (κ2) is 9.55. The van der Waals surface area contributed by atoms with Crippen molar-refractivity contribution in [3.8, 4) is 11.5 Å². The number of pyridine rings is 1. The van der Waals surface area contributed by atoms with E-state index in [1.165, 1.54) is 12.8 Å². The van der Waals surface area contributed by atoms with Crippen LogP contribution in [0.5, 0.6) is 11.5 Å². The lowest BCUT2D eigenvalue weighted by Gasteiger charge is -2.31. The van der Waals surface area contributed by atoms with Gasteiger partial charge in [0.2, 0.25) is 0 Å². The van der Waals surface area contributed by atoms with E-state index in [2.05, 4.69) is 16.4 Å². The largest absolute Gasteiger partial charge is 0.493 e. The van der Waals surface area contributed by atoms with Crippen LogP contribution in [0.1, 0.15) is 36.8 Å². The maximum absolute atomic E-state index is 9.57. The van der Waals surface area contributed by atoms with Gasteiger partial charge in [-0.15, -0.1) is 0 Å². The van der Waals surface area contributed by atoms with Crippen LogP contribution < -0.4 is 14.8 Å². The summed E-state index contributed by atoms with van der Waals surface area (Å²) in [6.45, 7) is 1.48. The quantitative estimate of drug-likeness (QED) is 0.760. The number of hydrogen-bond acceptors (Lipinski definition) is 5. The highest BCUT2D eigenvalue weighted by Crippen LogP contribution is 2.29. The summed E-state index contributed by atoms with van der Waals surface area (Å²) in [4.78, 5) is 4.11. The number of aliphatic hydroxyl groups excluding tert-OH is 1. The molecule has 1 aromatic carbocycles. The molecule has 1 aliphatic rings. The van der Waals surface area contributed by atoms with Crippen LogP contribution in [0.2, 0.25) is 0 Å². The lowest BCUT2D eigenvalue weighted by molar-refractivity contribution is 0.152. The third-order valence-corrected chi connectivity index (χ3v) is 5.06. The first-order valence-electron chi connectivity index (χ1n) is 9.33. The van der Waals surface area contributed by atoms with E-state index < -0.39 is 0 Å². The first kappa shape index (κ1) is 18.7. The van der Waals surface area contributed by atoms with Gasteiger partial charge in [0.25, 0.3) is 0 Å². The van der Waals surface area contributed by atoms with Crippen LogP contribution in [-0.2, 0) is 13.2 Å². The Labute approximate surface area is 155 Å². The second-order valence-corrected chi connectivity index (χ2v) is 6.85. The van der Waals surface area contributed by atoms with Crippen molar-refractivity contribution in [2.75, 3.05) is 13.7 Å². The molecule has 3 rings (SSSR count). The number of benzene rings is 1. The van der Waals surface area contributed by atoms with Gasteiger partial charge in [0, 0.05) is 37.2 Å². The van der Waals surface area contributed by atoms with Crippen LogP contribution in [0, 0.1) is 5.92 Å². The average molecular weight is 356 g/mol. The van der Waals surface area contributed by atoms with Crippen LogP contribution >= 0.6 is 0 Å². The van der Waals surface area contributed by atoms with Crippen molar-refractivity contribution in [2.45, 2.75) is 44.9 Å². The van der Waals surface area contributed by atoms with Crippen LogP contribution in [0.15, 0.2) is 42.7 Å². The highest BCUT2D eigenvalue weighted by atomic mass is 16.5. The third kappa shape index (κ3) is 4.96. The zero-order chi connectivity index (χ0) is 18.2. The fourth-order valence-corrected chi connectivity index (χ4v) is 3.53. The van der Waals surface area contributed by atoms with E-state index in [1.807, 2.05) is 24.3 Å². The van der Waals surface area contributed by atoms with Gasteiger partial charge in [-0.2, -0.15) is 0 Å². The Morgan fingerprint density at radius 2 is 2.04 bits per heavy atom. The molecule has 1 saturated carbocycles. The minimum atomic E-state index is 0.264. The summed E-state index contributed by atoms with van der Waals surface area (Å²) in [7, 11) is 1.65. The molecule has 1 fully saturated rings. The average Bonchev–Trinajstić information content (AvgIpc) is 2.71. The molecule has 0 amide bonds. The first-order chi connectivity index (χ1) is 12.8. The maximum Gasteiger partial charge on any atom is 0.161 e. The van der Waals surface area contributed by atoms with Gasteiger partial charge in [-0.25, -0.2) is 0 Å². The second-order valence-electron chi connectivity index (χ2n) is 6.85. The van der Waals surface area contributed by atoms with Crippen molar-refractivity contribution in [3.05, 3.63) is 53.9 Å². The van der Waals surface area contributed by atoms with Gasteiger partial charge in [-0.3, -0.25) is 4.98 Å². The number of methoxy groups -OCH3 is 1. The fraction of sp³-hybridized carbons (Fsp3) is 0.476. The summed E-state index contributed by atoms with van der Waals surface area (Å²) >= 11 is 0. The smallest absolute Gasteiger partial charge is 0.161 e. The molecule has 140 valence electrons. The number of hydrogen-bond donors (Lipinski definition) is 2. The highest BCUT2D eigenvalue weighted by Gasteiger charge is 2.23. The molecule has 1 heterocycles. The van der Waals surface area contributed by atoms with Gasteiger partial charge in [0.05, 0.1) is 7.11 Å². The van der Waals surface area contributed by atoms with E-state index in [-0.39, 0.29) is 6.61 Å². The Balaban J connectivity index is 1.62. The molecule has 0 aliphatic heterocycles. The summed E-state index contributed by atoms with van der Waals surface area (Å²) in [5, 5.41) is 13.2. The Hall–Kier alpha value is -2.11. The van der Waals surface area contributed by atoms with E-state index in [0.29, 0.717) is 18.6 Å². The molecule has 5 heteroatoms. The van der Waals surface area contributed by atoms with E-state index in [0.717, 1.165) is 42.0 Å². The van der Waals surface area contributed by atoms with Crippen molar-refractivity contribution in [2.24, 2.45) is 5.92 Å². The molecular formula is C21H28N2O3. The van der Waals surface area contributed by atoms with Gasteiger partial charge in [0.1, 0.15) is 6.61 Å². The Morgan fingerprint density at radius 3 is 2.81 bits per heavy atom. The normalized spacial score (nSPS) is 19.9. The predicted octanol–water partition coefficient (Wildman–Crippen LogP) is 3.31. The van der Waals surface area contributed by atoms with Crippen molar-refractivity contribution < 1.29 is 14.6 Å². The monoisotopic (exact) mass is 356 g/mol. The minimum Gasteiger partial charge on any atom is -0.493 e. The Bertz CT molecular complexity index is 678. The standard InChI is InChI=1S/C21H28N2O3/c1-25-20-9-8-16(13-23-19-7-3-2-6-18(19)14-24)11-21(20)26-15-17-5-4-10-22-12-17/h4-5,8-12,18-19,23-24H,2-3,6-7,13-15H2,1H3. The number of aromatic nitrogens is 1. The maximum atomic E-state index is 9.57. The molecule has 5 nitrogen and oxygen atoms in total. The van der Waals surface area contributed by atoms with Crippen LogP contribution in [-0.4, -0.2) is 29.8 Å². The summed E-state index contributed by atoms with van der Waals surface area (Å²) in [6.07, 6.45) is 8.24. The fourth-order valence-electron chi connectivity index (χ4n) is 3.53. The molecule has 0 saturated heterocycles. The number of ether oxygens (including phenoxy) is 2. The van der Waals surface area contributed by atoms with E-state index >= 15 is 0 Å². The molecule has 2 N–H and O–H groups in total. The van der Waals surface area contributed by atoms with Gasteiger partial charge in [-0.1, -0.05) is 25.0 Å². The molecule has 0 spiro atoms. The lowest BCUT2D eigenvalue weighted by Crippen LogP contribution is -2.39. The predicted molar refractivity (Wildman–Crippen MR) is 101 cm³/mol. The minimum absolute atomic E-state index is 0.264. The first-order valence-corrected chi connectivity index (χ1v) is 9.33. The zero-order valence-corrected chi connectivity index (χ0v) is 15.4. The molecular weight excluding hydrogens is 328 g/mol. The van der Waals surface area contributed by atoms with Crippen molar-refractivity contribution in [3.63, 3.8) is 0 Å². The number of nitrogens with one attached hydrogen (secondary N) is 1. The molecule has 2 atom stereocenters. The van der Waals surface area contributed by atoms with Crippen LogP contribution in [0.25, 0.3) is 0 Å². The van der Waals surface area contributed by atoms with Crippen LogP contribution in [0.4, 0.5) is 0 Å². The highest BCUT2D eigenvalue weighted by molar-refractivity contribution is 5.43. The SMILES string of the molecule is COc1ccc(CNC2CCCCC2CO)cc1OCc1cccnc1. The number of aliphatic hydroxyl groups is 1. The van der Waals surface area contributed by atoms with Gasteiger partial charge >= 0.3 is 0 Å². The molecule has 26 heavy (non-hydrogen) atoms. The lowest BCUT2D eigenvalue weighted by atomic mass is 9.85. The summed E-state index contributed by atoms with van der Waals surface area (Å²) < 4.78 is 11.4. The van der Waals surface area contributed by atoms with E-state index in [4.69, 9.17) is 9.47 Å². The summed E-state index contributed by atoms with van der Waals surface area (Å²) in [6, 6.07) is 10.3. The molecule has 1 aromatic heterocycles. The molecule has 1 aliphatic carbocycles. The molecule has 2 unspecified atom stereocenters. The van der Waals surface area contributed by atoms with Crippen molar-refractivity contribution in [1.82, 2.24) is 10.3 Å². The van der Waals surface area contributed by atoms with E-state index in [1.54, 1.807) is 19.5 Å². The topological polar surface area (TPSA) is 63.6 Å². The number of rotatable bonds is 8. The van der Waals surface area contributed by atoms with Crippen LogP contribution in [0.3, 0.4) is 0 Å². The Morgan fingerprint density at radius 1 is 1.15 bits per heavy atom. The third-order valence-electron chi connectivity index (χ3n) is 5.06. The van der Waals surface area contributed by atoms with Crippen molar-refractivity contribution in [1.29, 1.82) is 0 Å². The number of nitrogens with zero attached hydrogens (tertiary/aromatic N) is 1. The van der Waals surface area contributed by atoms with Gasteiger partial charge in [0.15, 0.2) is 11.5 Å². The zero-order valence-electron chi connectivity index (χ0n) is 15.4. The molecule has 0 radical (unpaired) electrons. The molecule has 2 aromatic rings. The molecule has 0 bridgehead atoms. The van der Waals surface area contributed by atoms with Crippen molar-refractivity contribution >= 4 is 0 Å².